The zero-order valence-corrected chi connectivity index (χ0v) is 7.32. The second kappa shape index (κ2) is 4.21. The minimum atomic E-state index is 0.146. The topological polar surface area (TPSA) is 40.6 Å². The van der Waals surface area contributed by atoms with Gasteiger partial charge in [-0.2, -0.15) is 0 Å². The van der Waals surface area contributed by atoms with Crippen LogP contribution in [0.2, 0.25) is 0 Å². The van der Waals surface area contributed by atoms with E-state index in [1.807, 2.05) is 4.90 Å². The van der Waals surface area contributed by atoms with Crippen LogP contribution < -0.4 is 0 Å². The quantitative estimate of drug-likeness (QED) is 0.528. The Labute approximate surface area is 72.1 Å². The lowest BCUT2D eigenvalue weighted by atomic mass is 10.3. The van der Waals surface area contributed by atoms with Crippen molar-refractivity contribution in [2.75, 3.05) is 33.2 Å². The number of amides is 1. The van der Waals surface area contributed by atoms with Crippen molar-refractivity contribution in [2.45, 2.75) is 6.42 Å². The van der Waals surface area contributed by atoms with Crippen molar-refractivity contribution in [1.29, 1.82) is 0 Å². The van der Waals surface area contributed by atoms with Gasteiger partial charge >= 0.3 is 0 Å². The van der Waals surface area contributed by atoms with Crippen LogP contribution in [-0.2, 0) is 9.59 Å². The lowest BCUT2D eigenvalue weighted by molar-refractivity contribution is -0.134. The Balaban J connectivity index is 2.30. The molecule has 1 amide bonds. The molecule has 12 heavy (non-hydrogen) atoms. The average Bonchev–Trinajstić information content (AvgIpc) is 2.07. The van der Waals surface area contributed by atoms with Gasteiger partial charge in [0, 0.05) is 33.1 Å². The number of nitrogens with zero attached hydrogens (tertiary/aromatic N) is 2. The van der Waals surface area contributed by atoms with E-state index in [-0.39, 0.29) is 5.91 Å². The molecule has 0 spiro atoms. The molecule has 0 atom stereocenters. The lowest BCUT2D eigenvalue weighted by Gasteiger charge is -2.31. The minimum Gasteiger partial charge on any atom is -0.343 e. The zero-order chi connectivity index (χ0) is 8.97. The summed E-state index contributed by atoms with van der Waals surface area (Å²) in [6, 6.07) is 0. The van der Waals surface area contributed by atoms with Gasteiger partial charge in [0.1, 0.15) is 6.29 Å². The van der Waals surface area contributed by atoms with Gasteiger partial charge in [0.25, 0.3) is 0 Å². The minimum absolute atomic E-state index is 0.146. The second-order valence-electron chi connectivity index (χ2n) is 3.05. The summed E-state index contributed by atoms with van der Waals surface area (Å²) in [5.41, 5.74) is 0. The first-order valence-electron chi connectivity index (χ1n) is 4.14. The van der Waals surface area contributed by atoms with Gasteiger partial charge in [-0.1, -0.05) is 0 Å². The molecule has 4 nitrogen and oxygen atoms in total. The van der Waals surface area contributed by atoms with E-state index < -0.39 is 0 Å². The highest BCUT2D eigenvalue weighted by atomic mass is 16.2. The number of carbonyl (C=O) groups excluding carboxylic acids is 2. The summed E-state index contributed by atoms with van der Waals surface area (Å²) in [6.45, 7) is 2.83. The van der Waals surface area contributed by atoms with Crippen LogP contribution in [0.3, 0.4) is 0 Å². The maximum Gasteiger partial charge on any atom is 0.236 e. The van der Waals surface area contributed by atoms with Crippen LogP contribution in [0.15, 0.2) is 0 Å². The number of hydrogen-bond donors (Lipinski definition) is 0. The molecule has 0 aromatic rings. The van der Waals surface area contributed by atoms with Crippen LogP contribution in [-0.4, -0.2) is 55.2 Å². The third kappa shape index (κ3) is 2.30. The van der Waals surface area contributed by atoms with Gasteiger partial charge in [-0.05, 0) is 0 Å². The molecule has 1 saturated heterocycles. The Hall–Kier alpha value is -0.900. The highest BCUT2D eigenvalue weighted by Crippen LogP contribution is 2.00. The van der Waals surface area contributed by atoms with Crippen LogP contribution in [0.1, 0.15) is 6.42 Å². The fraction of sp³-hybridized carbons (Fsp3) is 0.750. The van der Waals surface area contributed by atoms with Gasteiger partial charge < -0.3 is 9.69 Å². The van der Waals surface area contributed by atoms with Gasteiger partial charge in [0.05, 0.1) is 6.54 Å². The largest absolute Gasteiger partial charge is 0.343 e. The first kappa shape index (κ1) is 9.19. The van der Waals surface area contributed by atoms with E-state index in [4.69, 9.17) is 0 Å². The summed E-state index contributed by atoms with van der Waals surface area (Å²) in [7, 11) is 1.80. The van der Waals surface area contributed by atoms with Crippen molar-refractivity contribution in [3.63, 3.8) is 0 Å². The Bertz CT molecular complexity index is 182. The zero-order valence-electron chi connectivity index (χ0n) is 7.32. The SMILES string of the molecule is CN1CCN(CCC=O)CC1=O. The summed E-state index contributed by atoms with van der Waals surface area (Å²) < 4.78 is 0. The van der Waals surface area contributed by atoms with Crippen LogP contribution in [0.25, 0.3) is 0 Å². The van der Waals surface area contributed by atoms with E-state index in [2.05, 4.69) is 0 Å². The molecule has 0 N–H and O–H groups in total. The number of aldehydes is 1. The Morgan fingerprint density at radius 3 is 2.83 bits per heavy atom. The van der Waals surface area contributed by atoms with Crippen molar-refractivity contribution >= 4 is 12.2 Å². The first-order valence-corrected chi connectivity index (χ1v) is 4.14. The molecule has 0 bridgehead atoms. The summed E-state index contributed by atoms with van der Waals surface area (Å²) in [5.74, 6) is 0.146. The molecule has 1 heterocycles. The van der Waals surface area contributed by atoms with E-state index in [1.54, 1.807) is 11.9 Å². The van der Waals surface area contributed by atoms with Crippen LogP contribution >= 0.6 is 0 Å². The Kier molecular flexibility index (Phi) is 3.22. The van der Waals surface area contributed by atoms with E-state index in [0.717, 1.165) is 19.4 Å². The van der Waals surface area contributed by atoms with Crippen molar-refractivity contribution in [2.24, 2.45) is 0 Å². The summed E-state index contributed by atoms with van der Waals surface area (Å²) in [5, 5.41) is 0. The molecule has 0 unspecified atom stereocenters. The summed E-state index contributed by atoms with van der Waals surface area (Å²) in [4.78, 5) is 25.0. The maximum absolute atomic E-state index is 11.2. The van der Waals surface area contributed by atoms with Crippen molar-refractivity contribution in [1.82, 2.24) is 9.80 Å². The molecule has 1 fully saturated rings. The van der Waals surface area contributed by atoms with Crippen molar-refractivity contribution in [3.8, 4) is 0 Å². The molecule has 0 aromatic carbocycles. The molecule has 68 valence electrons. The normalized spacial score (nSPS) is 19.8. The molecule has 0 aliphatic carbocycles. The van der Waals surface area contributed by atoms with Crippen molar-refractivity contribution in [3.05, 3.63) is 0 Å². The van der Waals surface area contributed by atoms with Gasteiger partial charge in [-0.25, -0.2) is 0 Å². The van der Waals surface area contributed by atoms with E-state index in [1.165, 1.54) is 0 Å². The lowest BCUT2D eigenvalue weighted by Crippen LogP contribution is -2.48. The summed E-state index contributed by atoms with van der Waals surface area (Å²) in [6.07, 6.45) is 1.42. The predicted molar refractivity (Wildman–Crippen MR) is 44.8 cm³/mol. The molecule has 4 heteroatoms. The van der Waals surface area contributed by atoms with E-state index in [9.17, 15) is 9.59 Å². The third-order valence-corrected chi connectivity index (χ3v) is 2.10. The maximum atomic E-state index is 11.2. The van der Waals surface area contributed by atoms with Crippen LogP contribution in [0.5, 0.6) is 0 Å². The highest BCUT2D eigenvalue weighted by molar-refractivity contribution is 5.78. The van der Waals surface area contributed by atoms with E-state index >= 15 is 0 Å². The predicted octanol–water partition coefficient (Wildman–Crippen LogP) is -0.651. The number of hydrogen-bond acceptors (Lipinski definition) is 3. The smallest absolute Gasteiger partial charge is 0.236 e. The molecule has 1 rings (SSSR count). The number of likely N-dealkylation sites (N-methyl/N-ethyl adjacent to an activating group) is 1. The van der Waals surface area contributed by atoms with Crippen molar-refractivity contribution < 1.29 is 9.59 Å². The van der Waals surface area contributed by atoms with Gasteiger partial charge in [0.15, 0.2) is 0 Å². The standard InChI is InChI=1S/C8H14N2O2/c1-9-4-5-10(3-2-6-11)7-8(9)12/h6H,2-5,7H2,1H3. The molecule has 1 aliphatic heterocycles. The highest BCUT2D eigenvalue weighted by Gasteiger charge is 2.19. The van der Waals surface area contributed by atoms with Crippen LogP contribution in [0.4, 0.5) is 0 Å². The molecular weight excluding hydrogens is 156 g/mol. The van der Waals surface area contributed by atoms with Crippen LogP contribution in [0, 0.1) is 0 Å². The fourth-order valence-corrected chi connectivity index (χ4v) is 1.23. The van der Waals surface area contributed by atoms with Gasteiger partial charge in [-0.3, -0.25) is 9.69 Å². The number of rotatable bonds is 3. The molecule has 1 aliphatic rings. The molecular formula is C8H14N2O2. The fourth-order valence-electron chi connectivity index (χ4n) is 1.23. The Morgan fingerprint density at radius 2 is 2.25 bits per heavy atom. The number of carbonyl (C=O) groups is 2. The van der Waals surface area contributed by atoms with E-state index in [0.29, 0.717) is 19.5 Å². The average molecular weight is 170 g/mol. The monoisotopic (exact) mass is 170 g/mol. The molecule has 0 radical (unpaired) electrons. The van der Waals surface area contributed by atoms with Gasteiger partial charge in [0.2, 0.25) is 5.91 Å². The number of piperazine rings is 1. The Morgan fingerprint density at radius 1 is 1.50 bits per heavy atom. The second-order valence-corrected chi connectivity index (χ2v) is 3.05. The first-order chi connectivity index (χ1) is 5.74. The summed E-state index contributed by atoms with van der Waals surface area (Å²) >= 11 is 0. The van der Waals surface area contributed by atoms with Gasteiger partial charge in [-0.15, -0.1) is 0 Å². The molecule has 0 saturated carbocycles. The molecule has 0 aromatic heterocycles. The third-order valence-electron chi connectivity index (χ3n) is 2.10.